The molecule has 1 unspecified atom stereocenters. The van der Waals surface area contributed by atoms with Gasteiger partial charge in [-0.3, -0.25) is 4.90 Å². The van der Waals surface area contributed by atoms with E-state index >= 15 is 0 Å². The maximum atomic E-state index is 3.48. The average molecular weight is 345 g/mol. The highest BCUT2D eigenvalue weighted by molar-refractivity contribution is 5.85. The van der Waals surface area contributed by atoms with Crippen molar-refractivity contribution in [1.82, 2.24) is 10.2 Å². The Hall–Kier alpha value is -0.280. The summed E-state index contributed by atoms with van der Waals surface area (Å²) >= 11 is 0. The van der Waals surface area contributed by atoms with Gasteiger partial charge in [0.1, 0.15) is 0 Å². The van der Waals surface area contributed by atoms with Crippen molar-refractivity contribution < 1.29 is 0 Å². The van der Waals surface area contributed by atoms with Gasteiger partial charge in [0.05, 0.1) is 0 Å². The molecule has 1 atom stereocenters. The van der Waals surface area contributed by atoms with E-state index in [1.807, 2.05) is 0 Å². The van der Waals surface area contributed by atoms with Crippen LogP contribution in [0.1, 0.15) is 56.1 Å². The topological polar surface area (TPSA) is 15.3 Å². The lowest BCUT2D eigenvalue weighted by molar-refractivity contribution is 0.152. The average Bonchev–Trinajstić information content (AvgIpc) is 2.51. The zero-order valence-corrected chi connectivity index (χ0v) is 15.2. The number of halogens is 2. The highest BCUT2D eigenvalue weighted by Gasteiger charge is 2.22. The maximum Gasteiger partial charge on any atom is 0.0239 e. The summed E-state index contributed by atoms with van der Waals surface area (Å²) in [5, 5.41) is 3.48. The Balaban J connectivity index is 0.00000121. The first-order valence-electron chi connectivity index (χ1n) is 8.37. The van der Waals surface area contributed by atoms with E-state index in [0.29, 0.717) is 0 Å². The Morgan fingerprint density at radius 3 is 2.50 bits per heavy atom. The van der Waals surface area contributed by atoms with E-state index in [4.69, 9.17) is 0 Å². The Labute approximate surface area is 147 Å². The van der Waals surface area contributed by atoms with Gasteiger partial charge in [0, 0.05) is 12.6 Å². The number of nitrogens with one attached hydrogen (secondary N) is 1. The van der Waals surface area contributed by atoms with E-state index in [1.165, 1.54) is 51.7 Å². The third-order valence-corrected chi connectivity index (χ3v) is 5.15. The lowest BCUT2D eigenvalue weighted by atomic mass is 9.86. The van der Waals surface area contributed by atoms with Crippen LogP contribution in [0, 0.1) is 0 Å². The Morgan fingerprint density at radius 2 is 1.77 bits per heavy atom. The highest BCUT2D eigenvalue weighted by Crippen LogP contribution is 2.30. The van der Waals surface area contributed by atoms with Crippen LogP contribution >= 0.6 is 24.8 Å². The number of benzene rings is 1. The summed E-state index contributed by atoms with van der Waals surface area (Å²) in [6.45, 7) is 7.19. The standard InChI is InChI=1S/C18H28N2.2ClH/c1-15-6-4-5-13-20(15)14-17-7-2-3-8-18(17)16-9-11-19-12-10-16;;/h2-3,7-8,15-16,19H,4-6,9-14H2,1H3;2*1H. The predicted molar refractivity (Wildman–Crippen MR) is 99.5 cm³/mol. The van der Waals surface area contributed by atoms with Crippen LogP contribution in [0.15, 0.2) is 24.3 Å². The van der Waals surface area contributed by atoms with Crippen LogP contribution in [0.25, 0.3) is 0 Å². The molecule has 1 aromatic carbocycles. The smallest absolute Gasteiger partial charge is 0.0239 e. The first kappa shape index (κ1) is 19.8. The van der Waals surface area contributed by atoms with Crippen LogP contribution in [0.5, 0.6) is 0 Å². The molecule has 0 radical (unpaired) electrons. The molecule has 4 heteroatoms. The van der Waals surface area contributed by atoms with Gasteiger partial charge >= 0.3 is 0 Å². The van der Waals surface area contributed by atoms with Crippen molar-refractivity contribution in [3.8, 4) is 0 Å². The van der Waals surface area contributed by atoms with Crippen molar-refractivity contribution in [1.29, 1.82) is 0 Å². The van der Waals surface area contributed by atoms with E-state index in [2.05, 4.69) is 41.4 Å². The third kappa shape index (κ3) is 4.86. The maximum absolute atomic E-state index is 3.48. The van der Waals surface area contributed by atoms with Crippen molar-refractivity contribution in [2.24, 2.45) is 0 Å². The fourth-order valence-corrected chi connectivity index (χ4v) is 3.82. The monoisotopic (exact) mass is 344 g/mol. The summed E-state index contributed by atoms with van der Waals surface area (Å²) in [7, 11) is 0. The minimum absolute atomic E-state index is 0. The zero-order valence-electron chi connectivity index (χ0n) is 13.6. The van der Waals surface area contributed by atoms with Crippen LogP contribution in [-0.4, -0.2) is 30.6 Å². The summed E-state index contributed by atoms with van der Waals surface area (Å²) in [5.41, 5.74) is 3.19. The molecule has 0 amide bonds. The largest absolute Gasteiger partial charge is 0.317 e. The first-order chi connectivity index (χ1) is 9.84. The number of hydrogen-bond acceptors (Lipinski definition) is 2. The summed E-state index contributed by atoms with van der Waals surface area (Å²) in [6.07, 6.45) is 6.75. The van der Waals surface area contributed by atoms with Gasteiger partial charge in [-0.2, -0.15) is 0 Å². The second-order valence-electron chi connectivity index (χ2n) is 6.54. The molecule has 0 bridgehead atoms. The van der Waals surface area contributed by atoms with E-state index in [-0.39, 0.29) is 24.8 Å². The molecule has 22 heavy (non-hydrogen) atoms. The van der Waals surface area contributed by atoms with Crippen LogP contribution in [0.4, 0.5) is 0 Å². The summed E-state index contributed by atoms with van der Waals surface area (Å²) in [6, 6.07) is 9.93. The zero-order chi connectivity index (χ0) is 13.8. The highest BCUT2D eigenvalue weighted by atomic mass is 35.5. The minimum atomic E-state index is 0. The Bertz CT molecular complexity index is 433. The first-order valence-corrected chi connectivity index (χ1v) is 8.37. The van der Waals surface area contributed by atoms with Crippen LogP contribution < -0.4 is 5.32 Å². The SMILES string of the molecule is CC1CCCCN1Cc1ccccc1C1CCNCC1.Cl.Cl. The van der Waals surface area contributed by atoms with Crippen molar-refractivity contribution in [3.63, 3.8) is 0 Å². The molecule has 0 saturated carbocycles. The second-order valence-corrected chi connectivity index (χ2v) is 6.54. The molecule has 0 aromatic heterocycles. The molecule has 126 valence electrons. The molecule has 2 heterocycles. The van der Waals surface area contributed by atoms with Crippen LogP contribution in [0.2, 0.25) is 0 Å². The molecular weight excluding hydrogens is 315 g/mol. The summed E-state index contributed by atoms with van der Waals surface area (Å²) in [4.78, 5) is 2.68. The minimum Gasteiger partial charge on any atom is -0.317 e. The number of rotatable bonds is 3. The number of hydrogen-bond donors (Lipinski definition) is 1. The molecular formula is C18H30Cl2N2. The second kappa shape index (κ2) is 9.77. The molecule has 2 nitrogen and oxygen atoms in total. The van der Waals surface area contributed by atoms with E-state index in [1.54, 1.807) is 11.1 Å². The van der Waals surface area contributed by atoms with Gasteiger partial charge in [0.15, 0.2) is 0 Å². The molecule has 2 aliphatic rings. The van der Waals surface area contributed by atoms with Crippen molar-refractivity contribution in [2.75, 3.05) is 19.6 Å². The van der Waals surface area contributed by atoms with Crippen molar-refractivity contribution in [3.05, 3.63) is 35.4 Å². The van der Waals surface area contributed by atoms with Crippen LogP contribution in [0.3, 0.4) is 0 Å². The molecule has 0 spiro atoms. The third-order valence-electron chi connectivity index (χ3n) is 5.15. The lowest BCUT2D eigenvalue weighted by Crippen LogP contribution is -2.37. The van der Waals surface area contributed by atoms with Gasteiger partial charge in [-0.15, -0.1) is 24.8 Å². The fraction of sp³-hybridized carbons (Fsp3) is 0.667. The molecule has 1 aromatic rings. The van der Waals surface area contributed by atoms with Gasteiger partial charge in [0.2, 0.25) is 0 Å². The lowest BCUT2D eigenvalue weighted by Gasteiger charge is -2.34. The molecule has 2 fully saturated rings. The fourth-order valence-electron chi connectivity index (χ4n) is 3.82. The number of nitrogens with zero attached hydrogens (tertiary/aromatic N) is 1. The van der Waals surface area contributed by atoms with Crippen molar-refractivity contribution in [2.45, 2.75) is 57.5 Å². The molecule has 2 saturated heterocycles. The van der Waals surface area contributed by atoms with Gasteiger partial charge in [0.25, 0.3) is 0 Å². The quantitative estimate of drug-likeness (QED) is 0.875. The van der Waals surface area contributed by atoms with E-state index < -0.39 is 0 Å². The number of piperidine rings is 2. The van der Waals surface area contributed by atoms with Gasteiger partial charge < -0.3 is 5.32 Å². The molecule has 3 rings (SSSR count). The summed E-state index contributed by atoms with van der Waals surface area (Å²) in [5.74, 6) is 0.771. The van der Waals surface area contributed by atoms with Crippen LogP contribution in [-0.2, 0) is 6.54 Å². The number of likely N-dealkylation sites (tertiary alicyclic amines) is 1. The Kier molecular flexibility index (Phi) is 8.78. The Morgan fingerprint density at radius 1 is 1.05 bits per heavy atom. The molecule has 2 aliphatic heterocycles. The van der Waals surface area contributed by atoms with E-state index in [0.717, 1.165) is 18.5 Å². The van der Waals surface area contributed by atoms with Gasteiger partial charge in [-0.25, -0.2) is 0 Å². The van der Waals surface area contributed by atoms with Gasteiger partial charge in [-0.1, -0.05) is 30.7 Å². The molecule has 1 N–H and O–H groups in total. The predicted octanol–water partition coefficient (Wildman–Crippen LogP) is 4.37. The summed E-state index contributed by atoms with van der Waals surface area (Å²) < 4.78 is 0. The van der Waals surface area contributed by atoms with Crippen molar-refractivity contribution >= 4 is 24.8 Å². The molecule has 0 aliphatic carbocycles. The van der Waals surface area contributed by atoms with E-state index in [9.17, 15) is 0 Å². The normalized spacial score (nSPS) is 23.4. The van der Waals surface area contributed by atoms with Gasteiger partial charge in [-0.05, 0) is 69.3 Å².